The van der Waals surface area contributed by atoms with Crippen LogP contribution in [0.1, 0.15) is 16.9 Å². The number of aromatic nitrogens is 1. The zero-order chi connectivity index (χ0) is 22.5. The molecule has 0 bridgehead atoms. The first kappa shape index (κ1) is 20.9. The summed E-state index contributed by atoms with van der Waals surface area (Å²) < 4.78 is 17.1. The lowest BCUT2D eigenvalue weighted by Crippen LogP contribution is -2.29. The second-order valence-corrected chi connectivity index (χ2v) is 7.00. The van der Waals surface area contributed by atoms with Gasteiger partial charge >= 0.3 is 0 Å². The number of nitriles is 1. The first-order valence-corrected chi connectivity index (χ1v) is 9.93. The SMILES string of the molecule is Cc1cc(=O)c2oc(-c3ccccc3)c(CC(=O)NCCOc3ncccc3C#N)c2o1. The van der Waals surface area contributed by atoms with Crippen LogP contribution in [-0.2, 0) is 11.2 Å². The Kier molecular flexibility index (Phi) is 5.99. The summed E-state index contributed by atoms with van der Waals surface area (Å²) in [5.74, 6) is 0.778. The number of carbonyl (C=O) groups excluding carboxylic acids is 1. The maximum atomic E-state index is 12.6. The fraction of sp³-hybridized carbons (Fsp3) is 0.167. The number of nitrogens with zero attached hydrogens (tertiary/aromatic N) is 2. The zero-order valence-corrected chi connectivity index (χ0v) is 17.3. The molecular weight excluding hydrogens is 410 g/mol. The Morgan fingerprint density at radius 1 is 1.16 bits per heavy atom. The van der Waals surface area contributed by atoms with Gasteiger partial charge in [0, 0.05) is 17.8 Å². The number of nitrogens with one attached hydrogen (secondary N) is 1. The van der Waals surface area contributed by atoms with E-state index in [2.05, 4.69) is 10.3 Å². The van der Waals surface area contributed by atoms with Gasteiger partial charge in [0.25, 0.3) is 0 Å². The zero-order valence-electron chi connectivity index (χ0n) is 17.3. The van der Waals surface area contributed by atoms with Crippen molar-refractivity contribution >= 4 is 17.1 Å². The molecule has 0 unspecified atom stereocenters. The number of amides is 1. The number of ether oxygens (including phenoxy) is 1. The molecule has 0 saturated heterocycles. The van der Waals surface area contributed by atoms with E-state index in [0.29, 0.717) is 22.6 Å². The minimum atomic E-state index is -0.301. The van der Waals surface area contributed by atoms with Gasteiger partial charge in [-0.2, -0.15) is 5.26 Å². The Labute approximate surface area is 183 Å². The van der Waals surface area contributed by atoms with Gasteiger partial charge in [-0.1, -0.05) is 30.3 Å². The van der Waals surface area contributed by atoms with Crippen molar-refractivity contribution in [1.82, 2.24) is 10.3 Å². The molecule has 0 radical (unpaired) electrons. The summed E-state index contributed by atoms with van der Waals surface area (Å²) in [5, 5.41) is 11.8. The van der Waals surface area contributed by atoms with Gasteiger partial charge in [-0.15, -0.1) is 0 Å². The topological polar surface area (TPSA) is 118 Å². The van der Waals surface area contributed by atoms with Crippen molar-refractivity contribution in [3.63, 3.8) is 0 Å². The lowest BCUT2D eigenvalue weighted by atomic mass is 10.1. The third-order valence-corrected chi connectivity index (χ3v) is 4.71. The van der Waals surface area contributed by atoms with Crippen LogP contribution in [0, 0.1) is 18.3 Å². The van der Waals surface area contributed by atoms with E-state index in [1.807, 2.05) is 36.4 Å². The molecular formula is C24H19N3O5. The number of hydrogen-bond donors (Lipinski definition) is 1. The number of hydrogen-bond acceptors (Lipinski definition) is 7. The molecule has 8 heteroatoms. The van der Waals surface area contributed by atoms with E-state index in [9.17, 15) is 9.59 Å². The average Bonchev–Trinajstić information content (AvgIpc) is 3.16. The van der Waals surface area contributed by atoms with Gasteiger partial charge in [-0.3, -0.25) is 9.59 Å². The summed E-state index contributed by atoms with van der Waals surface area (Å²) in [6.07, 6.45) is 1.48. The van der Waals surface area contributed by atoms with Gasteiger partial charge < -0.3 is 18.9 Å². The number of pyridine rings is 1. The van der Waals surface area contributed by atoms with E-state index in [-0.39, 0.29) is 48.0 Å². The minimum absolute atomic E-state index is 0.0450. The largest absolute Gasteiger partial charge is 0.475 e. The number of benzene rings is 1. The Bertz CT molecular complexity index is 1370. The highest BCUT2D eigenvalue weighted by molar-refractivity contribution is 5.89. The van der Waals surface area contributed by atoms with Gasteiger partial charge in [0.05, 0.1) is 18.5 Å². The highest BCUT2D eigenvalue weighted by atomic mass is 16.5. The van der Waals surface area contributed by atoms with E-state index in [1.54, 1.807) is 19.1 Å². The van der Waals surface area contributed by atoms with Crippen LogP contribution in [0.25, 0.3) is 22.5 Å². The van der Waals surface area contributed by atoms with Crippen LogP contribution in [-0.4, -0.2) is 24.0 Å². The van der Waals surface area contributed by atoms with Crippen LogP contribution < -0.4 is 15.5 Å². The molecule has 1 N–H and O–H groups in total. The first-order chi connectivity index (χ1) is 15.6. The van der Waals surface area contributed by atoms with Crippen LogP contribution in [0.2, 0.25) is 0 Å². The molecule has 160 valence electrons. The highest BCUT2D eigenvalue weighted by Gasteiger charge is 2.22. The molecule has 8 nitrogen and oxygen atoms in total. The second-order valence-electron chi connectivity index (χ2n) is 7.00. The number of carbonyl (C=O) groups is 1. The van der Waals surface area contributed by atoms with Crippen molar-refractivity contribution in [1.29, 1.82) is 5.26 Å². The summed E-state index contributed by atoms with van der Waals surface area (Å²) in [6.45, 7) is 2.02. The standard InChI is InChI=1S/C24H19N3O5/c1-15-12-19(28)23-22(31-15)18(21(32-23)16-6-3-2-4-7-16)13-20(29)26-10-11-30-24-17(14-25)8-5-9-27-24/h2-9,12H,10-11,13H2,1H3,(H,26,29). The molecule has 0 aliphatic heterocycles. The summed E-state index contributed by atoms with van der Waals surface area (Å²) in [7, 11) is 0. The molecule has 0 spiro atoms. The van der Waals surface area contributed by atoms with Crippen molar-refractivity contribution in [2.24, 2.45) is 0 Å². The lowest BCUT2D eigenvalue weighted by molar-refractivity contribution is -0.120. The van der Waals surface area contributed by atoms with E-state index in [4.69, 9.17) is 18.8 Å². The Hall–Kier alpha value is -4.38. The first-order valence-electron chi connectivity index (χ1n) is 9.93. The molecule has 0 atom stereocenters. The molecule has 0 aliphatic rings. The van der Waals surface area contributed by atoms with Crippen molar-refractivity contribution in [2.45, 2.75) is 13.3 Å². The Morgan fingerprint density at radius 2 is 1.97 bits per heavy atom. The normalized spacial score (nSPS) is 10.6. The summed E-state index contributed by atoms with van der Waals surface area (Å²) in [5.41, 5.74) is 1.61. The Balaban J connectivity index is 1.51. The molecule has 1 aromatic carbocycles. The monoisotopic (exact) mass is 429 g/mol. The molecule has 3 aromatic heterocycles. The number of rotatable bonds is 7. The van der Waals surface area contributed by atoms with Crippen LogP contribution in [0.5, 0.6) is 5.88 Å². The smallest absolute Gasteiger partial charge is 0.231 e. The molecule has 4 rings (SSSR count). The van der Waals surface area contributed by atoms with Gasteiger partial charge in [0.1, 0.15) is 29.8 Å². The van der Waals surface area contributed by atoms with Crippen LogP contribution in [0.4, 0.5) is 0 Å². The maximum Gasteiger partial charge on any atom is 0.231 e. The predicted octanol–water partition coefficient (Wildman–Crippen LogP) is 3.37. The number of furan rings is 1. The highest BCUT2D eigenvalue weighted by Crippen LogP contribution is 2.33. The molecule has 0 fully saturated rings. The van der Waals surface area contributed by atoms with Crippen molar-refractivity contribution in [2.75, 3.05) is 13.2 Å². The molecule has 1 amide bonds. The third kappa shape index (κ3) is 4.37. The van der Waals surface area contributed by atoms with Gasteiger partial charge in [-0.25, -0.2) is 4.98 Å². The van der Waals surface area contributed by atoms with Gasteiger partial charge in [0.15, 0.2) is 5.58 Å². The van der Waals surface area contributed by atoms with E-state index >= 15 is 0 Å². The van der Waals surface area contributed by atoms with Crippen molar-refractivity contribution in [3.05, 3.63) is 81.8 Å². The lowest BCUT2D eigenvalue weighted by Gasteiger charge is -2.08. The Morgan fingerprint density at radius 3 is 2.75 bits per heavy atom. The summed E-state index contributed by atoms with van der Waals surface area (Å²) in [4.78, 5) is 29.0. The summed E-state index contributed by atoms with van der Waals surface area (Å²) in [6, 6.07) is 15.8. The average molecular weight is 429 g/mol. The minimum Gasteiger partial charge on any atom is -0.475 e. The van der Waals surface area contributed by atoms with Crippen molar-refractivity contribution < 1.29 is 18.4 Å². The number of aryl methyl sites for hydroxylation is 1. The van der Waals surface area contributed by atoms with Crippen molar-refractivity contribution in [3.8, 4) is 23.3 Å². The molecule has 32 heavy (non-hydrogen) atoms. The quantitative estimate of drug-likeness (QED) is 0.448. The van der Waals surface area contributed by atoms with Crippen LogP contribution in [0.15, 0.2) is 68.4 Å². The van der Waals surface area contributed by atoms with Crippen LogP contribution >= 0.6 is 0 Å². The van der Waals surface area contributed by atoms with Crippen LogP contribution in [0.3, 0.4) is 0 Å². The second kappa shape index (κ2) is 9.18. The summed E-state index contributed by atoms with van der Waals surface area (Å²) >= 11 is 0. The molecule has 0 saturated carbocycles. The third-order valence-electron chi connectivity index (χ3n) is 4.71. The predicted molar refractivity (Wildman–Crippen MR) is 116 cm³/mol. The van der Waals surface area contributed by atoms with Gasteiger partial charge in [-0.05, 0) is 19.1 Å². The van der Waals surface area contributed by atoms with E-state index in [0.717, 1.165) is 5.56 Å². The van der Waals surface area contributed by atoms with Gasteiger partial charge in [0.2, 0.25) is 22.8 Å². The molecule has 0 aliphatic carbocycles. The molecule has 4 aromatic rings. The molecule has 3 heterocycles. The van der Waals surface area contributed by atoms with E-state index < -0.39 is 0 Å². The van der Waals surface area contributed by atoms with E-state index in [1.165, 1.54) is 12.3 Å². The fourth-order valence-electron chi connectivity index (χ4n) is 3.30. The fourth-order valence-corrected chi connectivity index (χ4v) is 3.30. The maximum absolute atomic E-state index is 12.6. The number of fused-ring (bicyclic) bond motifs is 1.